The zero-order valence-electron chi connectivity index (χ0n) is 11.0. The van der Waals surface area contributed by atoms with Gasteiger partial charge < -0.3 is 4.42 Å². The van der Waals surface area contributed by atoms with Gasteiger partial charge in [0.15, 0.2) is 0 Å². The number of rotatable bonds is 4. The van der Waals surface area contributed by atoms with Crippen LogP contribution < -0.4 is 0 Å². The molecule has 21 heavy (non-hydrogen) atoms. The molecule has 0 unspecified atom stereocenters. The van der Waals surface area contributed by atoms with Crippen LogP contribution in [0.15, 0.2) is 38.2 Å². The molecule has 0 bridgehead atoms. The maximum Gasteiger partial charge on any atom is 0.282 e. The highest BCUT2D eigenvalue weighted by molar-refractivity contribution is 7.99. The molecule has 3 rings (SSSR count). The van der Waals surface area contributed by atoms with Crippen LogP contribution in [0.4, 0.5) is 0 Å². The maximum absolute atomic E-state index is 8.82. The molecule has 0 spiro atoms. The number of hydrogen-bond donors (Lipinski definition) is 0. The molecule has 0 radical (unpaired) electrons. The normalized spacial score (nSPS) is 10.5. The molecule has 0 saturated heterocycles. The Morgan fingerprint density at radius 2 is 2.24 bits per heavy atom. The van der Waals surface area contributed by atoms with E-state index in [1.54, 1.807) is 29.5 Å². The minimum absolute atomic E-state index is 0.359. The van der Waals surface area contributed by atoms with Gasteiger partial charge in [0.2, 0.25) is 5.89 Å². The van der Waals surface area contributed by atoms with Gasteiger partial charge in [-0.1, -0.05) is 6.07 Å². The Morgan fingerprint density at radius 3 is 3.00 bits per heavy atom. The lowest BCUT2D eigenvalue weighted by molar-refractivity contribution is 0.419. The van der Waals surface area contributed by atoms with Crippen molar-refractivity contribution in [1.82, 2.24) is 20.2 Å². The molecule has 3 aromatic rings. The van der Waals surface area contributed by atoms with Crippen LogP contribution in [0.1, 0.15) is 22.3 Å². The summed E-state index contributed by atoms with van der Waals surface area (Å²) in [4.78, 5) is 8.50. The smallest absolute Gasteiger partial charge is 0.282 e. The first-order valence-electron chi connectivity index (χ1n) is 6.01. The van der Waals surface area contributed by atoms with Crippen LogP contribution in [0.2, 0.25) is 0 Å². The summed E-state index contributed by atoms with van der Waals surface area (Å²) in [7, 11) is 0. The molecule has 3 heterocycles. The number of nitriles is 1. The number of aromatic nitrogens is 4. The monoisotopic (exact) mass is 315 g/mol. The molecular weight excluding hydrogens is 306 g/mol. The molecule has 0 aliphatic carbocycles. The minimum Gasteiger partial charge on any atom is -0.415 e. The van der Waals surface area contributed by atoms with Gasteiger partial charge >= 0.3 is 0 Å². The minimum atomic E-state index is 0.359. The SMILES string of the molecule is Cc1nc(Cc2nnc(Sc3cccc(C#N)n3)o2)cs1. The van der Waals surface area contributed by atoms with E-state index < -0.39 is 0 Å². The summed E-state index contributed by atoms with van der Waals surface area (Å²) in [6.45, 7) is 1.96. The largest absolute Gasteiger partial charge is 0.415 e. The lowest BCUT2D eigenvalue weighted by Crippen LogP contribution is -1.88. The second-order valence-corrected chi connectivity index (χ2v) is 6.11. The molecule has 6 nitrogen and oxygen atoms in total. The van der Waals surface area contributed by atoms with Gasteiger partial charge in [0, 0.05) is 5.38 Å². The van der Waals surface area contributed by atoms with Gasteiger partial charge in [-0.3, -0.25) is 0 Å². The Hall–Kier alpha value is -2.24. The van der Waals surface area contributed by atoms with Gasteiger partial charge in [-0.05, 0) is 30.8 Å². The molecule has 0 saturated carbocycles. The van der Waals surface area contributed by atoms with Crippen molar-refractivity contribution in [3.05, 3.63) is 45.9 Å². The lowest BCUT2D eigenvalue weighted by atomic mass is 10.3. The fraction of sp³-hybridized carbons (Fsp3) is 0.154. The first-order valence-corrected chi connectivity index (χ1v) is 7.71. The zero-order chi connectivity index (χ0) is 14.7. The van der Waals surface area contributed by atoms with E-state index in [1.165, 1.54) is 11.8 Å². The van der Waals surface area contributed by atoms with Crippen LogP contribution in [0, 0.1) is 18.3 Å². The molecule has 0 N–H and O–H groups in total. The molecule has 0 fully saturated rings. The van der Waals surface area contributed by atoms with E-state index in [4.69, 9.17) is 9.68 Å². The number of thiazole rings is 1. The van der Waals surface area contributed by atoms with Crippen LogP contribution >= 0.6 is 23.1 Å². The summed E-state index contributed by atoms with van der Waals surface area (Å²) < 4.78 is 5.56. The molecular formula is C13H9N5OS2. The Morgan fingerprint density at radius 1 is 1.33 bits per heavy atom. The topological polar surface area (TPSA) is 88.5 Å². The average molecular weight is 315 g/mol. The predicted octanol–water partition coefficient (Wildman–Crippen LogP) is 2.84. The van der Waals surface area contributed by atoms with Gasteiger partial charge in [0.1, 0.15) is 16.8 Å². The molecule has 0 amide bonds. The van der Waals surface area contributed by atoms with E-state index in [-0.39, 0.29) is 0 Å². The van der Waals surface area contributed by atoms with E-state index in [1.807, 2.05) is 18.4 Å². The van der Waals surface area contributed by atoms with Crippen LogP contribution in [0.25, 0.3) is 0 Å². The highest BCUT2D eigenvalue weighted by atomic mass is 32.2. The highest BCUT2D eigenvalue weighted by Gasteiger charge is 2.11. The van der Waals surface area contributed by atoms with Gasteiger partial charge in [-0.2, -0.15) is 5.26 Å². The highest BCUT2D eigenvalue weighted by Crippen LogP contribution is 2.25. The van der Waals surface area contributed by atoms with E-state index in [0.717, 1.165) is 10.7 Å². The van der Waals surface area contributed by atoms with Crippen LogP contribution in [0.5, 0.6) is 0 Å². The Bertz CT molecular complexity index is 805. The van der Waals surface area contributed by atoms with Crippen molar-refractivity contribution in [2.75, 3.05) is 0 Å². The molecule has 104 valence electrons. The summed E-state index contributed by atoms with van der Waals surface area (Å²) in [6.07, 6.45) is 0.517. The third kappa shape index (κ3) is 3.45. The molecule has 8 heteroatoms. The second kappa shape index (κ2) is 6.03. The summed E-state index contributed by atoms with van der Waals surface area (Å²) in [5.41, 5.74) is 1.28. The fourth-order valence-corrected chi connectivity index (χ4v) is 2.92. The van der Waals surface area contributed by atoms with Crippen LogP contribution in [-0.2, 0) is 6.42 Å². The Kier molecular flexibility index (Phi) is 3.94. The van der Waals surface area contributed by atoms with Crippen molar-refractivity contribution in [3.8, 4) is 6.07 Å². The van der Waals surface area contributed by atoms with Gasteiger partial charge in [0.05, 0.1) is 17.1 Å². The third-order valence-corrected chi connectivity index (χ3v) is 4.08. The number of pyridine rings is 1. The second-order valence-electron chi connectivity index (χ2n) is 4.07. The average Bonchev–Trinajstić information content (AvgIpc) is 3.09. The zero-order valence-corrected chi connectivity index (χ0v) is 12.6. The van der Waals surface area contributed by atoms with Gasteiger partial charge in [-0.15, -0.1) is 21.5 Å². The van der Waals surface area contributed by atoms with E-state index >= 15 is 0 Å². The van der Waals surface area contributed by atoms with E-state index in [2.05, 4.69) is 20.2 Å². The fourth-order valence-electron chi connectivity index (χ4n) is 1.62. The third-order valence-electron chi connectivity index (χ3n) is 2.48. The number of aryl methyl sites for hydroxylation is 1. The van der Waals surface area contributed by atoms with Crippen molar-refractivity contribution in [2.24, 2.45) is 0 Å². The maximum atomic E-state index is 8.82. The van der Waals surface area contributed by atoms with Crippen molar-refractivity contribution in [3.63, 3.8) is 0 Å². The number of nitrogens with zero attached hydrogens (tertiary/aromatic N) is 5. The summed E-state index contributed by atoms with van der Waals surface area (Å²) >= 11 is 2.82. The van der Waals surface area contributed by atoms with Gasteiger partial charge in [0.25, 0.3) is 5.22 Å². The first kappa shape index (κ1) is 13.7. The standard InChI is InChI=1S/C13H9N5OS2/c1-8-15-10(7-20-8)5-11-17-18-13(19-11)21-12-4-2-3-9(6-14)16-12/h2-4,7H,5H2,1H3. The molecule has 0 atom stereocenters. The van der Waals surface area contributed by atoms with Crippen LogP contribution in [-0.4, -0.2) is 20.2 Å². The summed E-state index contributed by atoms with van der Waals surface area (Å²) in [6, 6.07) is 7.20. The Labute approximate surface area is 128 Å². The molecule has 0 aliphatic rings. The Balaban J connectivity index is 1.71. The van der Waals surface area contributed by atoms with E-state index in [0.29, 0.717) is 28.3 Å². The van der Waals surface area contributed by atoms with Crippen molar-refractivity contribution in [1.29, 1.82) is 5.26 Å². The van der Waals surface area contributed by atoms with Gasteiger partial charge in [-0.25, -0.2) is 9.97 Å². The summed E-state index contributed by atoms with van der Waals surface area (Å²) in [5.74, 6) is 0.513. The van der Waals surface area contributed by atoms with Crippen molar-refractivity contribution < 1.29 is 4.42 Å². The summed E-state index contributed by atoms with van der Waals surface area (Å²) in [5, 5.41) is 20.8. The quantitative estimate of drug-likeness (QED) is 0.731. The predicted molar refractivity (Wildman–Crippen MR) is 77.0 cm³/mol. The van der Waals surface area contributed by atoms with Crippen LogP contribution in [0.3, 0.4) is 0 Å². The molecule has 0 aromatic carbocycles. The van der Waals surface area contributed by atoms with Crippen molar-refractivity contribution >= 4 is 23.1 Å². The first-order chi connectivity index (χ1) is 10.2. The van der Waals surface area contributed by atoms with E-state index in [9.17, 15) is 0 Å². The lowest BCUT2D eigenvalue weighted by Gasteiger charge is -1.95. The number of hydrogen-bond acceptors (Lipinski definition) is 8. The molecule has 0 aliphatic heterocycles. The van der Waals surface area contributed by atoms with Crippen molar-refractivity contribution in [2.45, 2.75) is 23.6 Å². The molecule has 3 aromatic heterocycles.